The molecule has 1 N–H and O–H groups in total. The second kappa shape index (κ2) is 8.74. The second-order valence-electron chi connectivity index (χ2n) is 7.64. The lowest BCUT2D eigenvalue weighted by Gasteiger charge is -2.25. The van der Waals surface area contributed by atoms with Crippen LogP contribution in [0.15, 0.2) is 36.4 Å². The number of ether oxygens (including phenoxy) is 3. The van der Waals surface area contributed by atoms with Gasteiger partial charge in [-0.05, 0) is 61.7 Å². The van der Waals surface area contributed by atoms with Crippen LogP contribution in [0.1, 0.15) is 36.4 Å². The van der Waals surface area contributed by atoms with Crippen molar-refractivity contribution in [3.8, 4) is 17.2 Å². The summed E-state index contributed by atoms with van der Waals surface area (Å²) in [6.07, 6.45) is 2.99. The number of benzene rings is 2. The number of nitrogens with zero attached hydrogens (tertiary/aromatic N) is 1. The molecule has 2 aromatic carbocycles. The van der Waals surface area contributed by atoms with Crippen LogP contribution in [0.3, 0.4) is 0 Å². The molecule has 29 heavy (non-hydrogen) atoms. The van der Waals surface area contributed by atoms with Gasteiger partial charge in [0.05, 0.1) is 32.6 Å². The number of aryl methyl sites for hydroxylation is 1. The molecule has 6 heteroatoms. The molecular formula is C23H28N2O4. The van der Waals surface area contributed by atoms with Gasteiger partial charge in [-0.3, -0.25) is 9.69 Å². The Kier molecular flexibility index (Phi) is 5.90. The standard InChI is InChI=1S/C23H28N2O4/c1-16-6-8-20(27-2)18(13-16)24-23(26)15-25-10-3-5-19(25)17-7-9-21-22(14-17)29-12-4-11-28-21/h6-9,13-14,19H,3-5,10-12,15H2,1-2H3,(H,24,26)/t19-/m0/s1. The Bertz CT molecular complexity index is 883. The van der Waals surface area contributed by atoms with Crippen LogP contribution in [0.5, 0.6) is 17.2 Å². The number of fused-ring (bicyclic) bond motifs is 1. The van der Waals surface area contributed by atoms with Crippen LogP contribution in [0.25, 0.3) is 0 Å². The summed E-state index contributed by atoms with van der Waals surface area (Å²) in [5.74, 6) is 2.25. The Labute approximate surface area is 171 Å². The fourth-order valence-corrected chi connectivity index (χ4v) is 4.07. The lowest BCUT2D eigenvalue weighted by Crippen LogP contribution is -2.33. The van der Waals surface area contributed by atoms with Gasteiger partial charge in [0, 0.05) is 12.5 Å². The van der Waals surface area contributed by atoms with Crippen molar-refractivity contribution in [2.24, 2.45) is 0 Å². The average Bonchev–Trinajstić information content (AvgIpc) is 3.03. The molecule has 0 aromatic heterocycles. The molecule has 4 rings (SSSR count). The average molecular weight is 396 g/mol. The molecule has 0 aliphatic carbocycles. The highest BCUT2D eigenvalue weighted by Gasteiger charge is 2.28. The highest BCUT2D eigenvalue weighted by Crippen LogP contribution is 2.37. The molecule has 1 fully saturated rings. The summed E-state index contributed by atoms with van der Waals surface area (Å²) in [4.78, 5) is 15.0. The van der Waals surface area contributed by atoms with Crippen molar-refractivity contribution >= 4 is 11.6 Å². The third kappa shape index (κ3) is 4.48. The van der Waals surface area contributed by atoms with Crippen molar-refractivity contribution in [1.29, 1.82) is 0 Å². The summed E-state index contributed by atoms with van der Waals surface area (Å²) in [5, 5.41) is 3.01. The zero-order valence-electron chi connectivity index (χ0n) is 17.1. The number of nitrogens with one attached hydrogen (secondary N) is 1. The molecule has 0 radical (unpaired) electrons. The van der Waals surface area contributed by atoms with Crippen molar-refractivity contribution in [3.05, 3.63) is 47.5 Å². The van der Waals surface area contributed by atoms with Crippen LogP contribution in [-0.4, -0.2) is 44.2 Å². The van der Waals surface area contributed by atoms with Gasteiger partial charge < -0.3 is 19.5 Å². The van der Waals surface area contributed by atoms with Gasteiger partial charge in [0.15, 0.2) is 11.5 Å². The van der Waals surface area contributed by atoms with Crippen molar-refractivity contribution in [1.82, 2.24) is 4.90 Å². The molecule has 0 bridgehead atoms. The van der Waals surface area contributed by atoms with Crippen molar-refractivity contribution < 1.29 is 19.0 Å². The van der Waals surface area contributed by atoms with Crippen LogP contribution in [0, 0.1) is 6.92 Å². The van der Waals surface area contributed by atoms with Gasteiger partial charge in [-0.1, -0.05) is 12.1 Å². The van der Waals surface area contributed by atoms with Crippen LogP contribution >= 0.6 is 0 Å². The van der Waals surface area contributed by atoms with E-state index < -0.39 is 0 Å². The minimum Gasteiger partial charge on any atom is -0.495 e. The highest BCUT2D eigenvalue weighted by atomic mass is 16.5. The molecule has 6 nitrogen and oxygen atoms in total. The Morgan fingerprint density at radius 3 is 2.79 bits per heavy atom. The second-order valence-corrected chi connectivity index (χ2v) is 7.64. The van der Waals surface area contributed by atoms with Gasteiger partial charge in [0.25, 0.3) is 0 Å². The number of hydrogen-bond donors (Lipinski definition) is 1. The third-order valence-electron chi connectivity index (χ3n) is 5.50. The maximum Gasteiger partial charge on any atom is 0.238 e. The van der Waals surface area contributed by atoms with Gasteiger partial charge >= 0.3 is 0 Å². The lowest BCUT2D eigenvalue weighted by molar-refractivity contribution is -0.117. The molecule has 1 saturated heterocycles. The van der Waals surface area contributed by atoms with E-state index in [-0.39, 0.29) is 11.9 Å². The van der Waals surface area contributed by atoms with E-state index in [2.05, 4.69) is 22.3 Å². The maximum atomic E-state index is 12.7. The van der Waals surface area contributed by atoms with E-state index in [4.69, 9.17) is 14.2 Å². The predicted octanol–water partition coefficient (Wildman–Crippen LogP) is 3.94. The van der Waals surface area contributed by atoms with Crippen molar-refractivity contribution in [3.63, 3.8) is 0 Å². The maximum absolute atomic E-state index is 12.7. The van der Waals surface area contributed by atoms with E-state index >= 15 is 0 Å². The zero-order valence-corrected chi connectivity index (χ0v) is 17.1. The number of anilines is 1. The number of likely N-dealkylation sites (tertiary alicyclic amines) is 1. The van der Waals surface area contributed by atoms with Crippen LogP contribution in [0.2, 0.25) is 0 Å². The summed E-state index contributed by atoms with van der Waals surface area (Å²) >= 11 is 0. The van der Waals surface area contributed by atoms with Crippen molar-refractivity contribution in [2.75, 3.05) is 38.7 Å². The Hall–Kier alpha value is -2.73. The zero-order chi connectivity index (χ0) is 20.2. The molecule has 1 atom stereocenters. The van der Waals surface area contributed by atoms with Crippen LogP contribution in [0.4, 0.5) is 5.69 Å². The van der Waals surface area contributed by atoms with E-state index in [0.29, 0.717) is 31.2 Å². The van der Waals surface area contributed by atoms with E-state index in [1.807, 2.05) is 31.2 Å². The summed E-state index contributed by atoms with van der Waals surface area (Å²) in [7, 11) is 1.61. The lowest BCUT2D eigenvalue weighted by atomic mass is 10.0. The Morgan fingerprint density at radius 2 is 1.97 bits per heavy atom. The molecule has 154 valence electrons. The van der Waals surface area contributed by atoms with Gasteiger partial charge in [0.1, 0.15) is 5.75 Å². The molecule has 0 unspecified atom stereocenters. The molecule has 0 saturated carbocycles. The Morgan fingerprint density at radius 1 is 1.14 bits per heavy atom. The van der Waals surface area contributed by atoms with Crippen molar-refractivity contribution in [2.45, 2.75) is 32.2 Å². The van der Waals surface area contributed by atoms with E-state index in [9.17, 15) is 4.79 Å². The number of amides is 1. The molecule has 1 amide bonds. The first kappa shape index (κ1) is 19.6. The first-order valence-corrected chi connectivity index (χ1v) is 10.2. The fraction of sp³-hybridized carbons (Fsp3) is 0.435. The largest absolute Gasteiger partial charge is 0.495 e. The molecular weight excluding hydrogens is 368 g/mol. The van der Waals surface area contributed by atoms with Gasteiger partial charge in [-0.2, -0.15) is 0 Å². The van der Waals surface area contributed by atoms with Gasteiger partial charge in [-0.25, -0.2) is 0 Å². The van der Waals surface area contributed by atoms with E-state index in [0.717, 1.165) is 42.9 Å². The van der Waals surface area contributed by atoms with E-state index in [1.54, 1.807) is 7.11 Å². The van der Waals surface area contributed by atoms with E-state index in [1.165, 1.54) is 5.56 Å². The highest BCUT2D eigenvalue weighted by molar-refractivity contribution is 5.93. The topological polar surface area (TPSA) is 60.0 Å². The molecule has 2 aliphatic rings. The SMILES string of the molecule is COc1ccc(C)cc1NC(=O)CN1CCC[C@H]1c1ccc2c(c1)OCCCO2. The summed E-state index contributed by atoms with van der Waals surface area (Å²) in [6, 6.07) is 12.1. The molecule has 0 spiro atoms. The molecule has 2 heterocycles. The summed E-state index contributed by atoms with van der Waals surface area (Å²) in [6.45, 7) is 4.60. The normalized spacial score (nSPS) is 18.9. The predicted molar refractivity (Wildman–Crippen MR) is 112 cm³/mol. The minimum atomic E-state index is -0.0323. The number of carbonyl (C=O) groups excluding carboxylic acids is 1. The Balaban J connectivity index is 1.46. The smallest absolute Gasteiger partial charge is 0.238 e. The first-order valence-electron chi connectivity index (χ1n) is 10.2. The number of carbonyl (C=O) groups is 1. The molecule has 2 aliphatic heterocycles. The fourth-order valence-electron chi connectivity index (χ4n) is 4.07. The first-order chi connectivity index (χ1) is 14.1. The third-order valence-corrected chi connectivity index (χ3v) is 5.50. The number of rotatable bonds is 5. The molecule has 2 aromatic rings. The summed E-state index contributed by atoms with van der Waals surface area (Å²) in [5.41, 5.74) is 2.96. The number of hydrogen-bond acceptors (Lipinski definition) is 5. The van der Waals surface area contributed by atoms with Crippen LogP contribution < -0.4 is 19.5 Å². The van der Waals surface area contributed by atoms with Crippen LogP contribution in [-0.2, 0) is 4.79 Å². The monoisotopic (exact) mass is 396 g/mol. The minimum absolute atomic E-state index is 0.0323. The number of methoxy groups -OCH3 is 1. The van der Waals surface area contributed by atoms with Gasteiger partial charge in [-0.15, -0.1) is 0 Å². The quantitative estimate of drug-likeness (QED) is 0.830. The summed E-state index contributed by atoms with van der Waals surface area (Å²) < 4.78 is 17.0. The van der Waals surface area contributed by atoms with Gasteiger partial charge in [0.2, 0.25) is 5.91 Å².